The molecule has 1 saturated carbocycles. The lowest BCUT2D eigenvalue weighted by atomic mass is 9.79. The highest BCUT2D eigenvalue weighted by Crippen LogP contribution is 2.40. The van der Waals surface area contributed by atoms with Crippen LogP contribution in [-0.4, -0.2) is 10.9 Å². The highest BCUT2D eigenvalue weighted by molar-refractivity contribution is 6.30. The first-order valence-corrected chi connectivity index (χ1v) is 10.2. The number of aromatic nitrogens is 1. The van der Waals surface area contributed by atoms with Gasteiger partial charge >= 0.3 is 6.18 Å². The fourth-order valence-corrected chi connectivity index (χ4v) is 4.00. The molecule has 1 amide bonds. The lowest BCUT2D eigenvalue weighted by Gasteiger charge is -2.27. The molecule has 2 aromatic rings. The molecule has 1 aliphatic carbocycles. The van der Waals surface area contributed by atoms with Gasteiger partial charge in [-0.1, -0.05) is 30.2 Å². The summed E-state index contributed by atoms with van der Waals surface area (Å²) in [6.07, 6.45) is -1.09. The molecule has 1 heterocycles. The number of alkyl halides is 3. The molecule has 8 heteroatoms. The summed E-state index contributed by atoms with van der Waals surface area (Å²) in [5.41, 5.74) is 7.99. The molecule has 1 fully saturated rings. The average molecular weight is 438 g/mol. The average Bonchev–Trinajstić information content (AvgIpc) is 2.70. The van der Waals surface area contributed by atoms with E-state index in [-0.39, 0.29) is 17.6 Å². The zero-order chi connectivity index (χ0) is 21.9. The van der Waals surface area contributed by atoms with Crippen molar-refractivity contribution in [1.82, 2.24) is 4.98 Å². The van der Waals surface area contributed by atoms with Gasteiger partial charge < -0.3 is 11.1 Å². The molecular weight excluding hydrogens is 415 g/mol. The van der Waals surface area contributed by atoms with Gasteiger partial charge in [0.2, 0.25) is 0 Å². The van der Waals surface area contributed by atoms with Crippen LogP contribution in [0.3, 0.4) is 0 Å². The molecule has 4 nitrogen and oxygen atoms in total. The van der Waals surface area contributed by atoms with Crippen LogP contribution in [0.5, 0.6) is 0 Å². The van der Waals surface area contributed by atoms with Gasteiger partial charge in [-0.2, -0.15) is 13.2 Å². The number of carbonyl (C=O) groups is 1. The number of rotatable bonds is 4. The van der Waals surface area contributed by atoms with Crippen molar-refractivity contribution >= 4 is 29.0 Å². The Kier molecular flexibility index (Phi) is 6.71. The third kappa shape index (κ3) is 5.14. The van der Waals surface area contributed by atoms with Crippen molar-refractivity contribution in [2.75, 3.05) is 11.1 Å². The zero-order valence-corrected chi connectivity index (χ0v) is 17.3. The number of pyridine rings is 1. The predicted octanol–water partition coefficient (Wildman–Crippen LogP) is 6.34. The number of halogens is 4. The van der Waals surface area contributed by atoms with E-state index in [4.69, 9.17) is 17.3 Å². The Bertz CT molecular complexity index is 945. The number of allylic oxidation sites excluding steroid dienone is 1. The molecule has 0 spiro atoms. The van der Waals surface area contributed by atoms with E-state index in [0.29, 0.717) is 48.4 Å². The van der Waals surface area contributed by atoms with Gasteiger partial charge in [-0.25, -0.2) is 4.98 Å². The Balaban J connectivity index is 1.70. The first-order chi connectivity index (χ1) is 14.2. The second-order valence-electron chi connectivity index (χ2n) is 7.34. The number of nitrogens with two attached hydrogens (primary N) is 1. The van der Waals surface area contributed by atoms with Crippen molar-refractivity contribution < 1.29 is 18.0 Å². The monoisotopic (exact) mass is 437 g/mol. The molecule has 0 aliphatic heterocycles. The molecule has 1 aromatic heterocycles. The molecule has 3 rings (SSSR count). The highest BCUT2D eigenvalue weighted by Gasteiger charge is 2.33. The molecule has 0 bridgehead atoms. The largest absolute Gasteiger partial charge is 0.433 e. The summed E-state index contributed by atoms with van der Waals surface area (Å²) >= 11 is 5.87. The number of nitrogens with one attached hydrogen (secondary N) is 1. The van der Waals surface area contributed by atoms with Crippen LogP contribution in [0.25, 0.3) is 0 Å². The van der Waals surface area contributed by atoms with Crippen molar-refractivity contribution in [2.24, 2.45) is 0 Å². The van der Waals surface area contributed by atoms with Crippen molar-refractivity contribution in [3.8, 4) is 0 Å². The van der Waals surface area contributed by atoms with Crippen LogP contribution in [-0.2, 0) is 11.0 Å². The fourth-order valence-electron chi connectivity index (χ4n) is 3.88. The second-order valence-corrected chi connectivity index (χ2v) is 7.78. The summed E-state index contributed by atoms with van der Waals surface area (Å²) in [6, 6.07) is 9.32. The minimum atomic E-state index is -4.51. The third-order valence-electron chi connectivity index (χ3n) is 5.43. The quantitative estimate of drug-likeness (QED) is 0.548. The van der Waals surface area contributed by atoms with E-state index in [1.54, 1.807) is 24.3 Å². The third-order valence-corrected chi connectivity index (χ3v) is 5.69. The summed E-state index contributed by atoms with van der Waals surface area (Å²) in [6.45, 7) is 1.94. The van der Waals surface area contributed by atoms with Crippen LogP contribution in [0.2, 0.25) is 5.02 Å². The van der Waals surface area contributed by atoms with Gasteiger partial charge in [-0.05, 0) is 73.9 Å². The number of hydrogen-bond acceptors (Lipinski definition) is 3. The van der Waals surface area contributed by atoms with Gasteiger partial charge in [-0.3, -0.25) is 4.79 Å². The summed E-state index contributed by atoms with van der Waals surface area (Å²) in [5.74, 6) is -0.177. The molecule has 0 unspecified atom stereocenters. The van der Waals surface area contributed by atoms with Crippen molar-refractivity contribution in [1.29, 1.82) is 0 Å². The number of nitrogen functional groups attached to an aromatic ring is 1. The van der Waals surface area contributed by atoms with Gasteiger partial charge in [-0.15, -0.1) is 0 Å². The number of anilines is 2. The van der Waals surface area contributed by atoms with Crippen LogP contribution in [0.15, 0.2) is 47.5 Å². The standard InChI is InChI=1S/C22H23ClF3N3O/c1-2-17(21(30)28-16-9-7-15(23)8-10-16)13-3-5-14(6-4-13)18-11-12-19(22(24,25)26)29-20(18)27/h7-12,14H,2-6H2,1H3,(H2,27,29)(H,28,30). The SMILES string of the molecule is CCC(C(=O)Nc1ccc(Cl)cc1)=C1CCC(c2ccc(C(F)(F)F)nc2N)CC1. The van der Waals surface area contributed by atoms with Crippen molar-refractivity contribution in [2.45, 2.75) is 51.1 Å². The Morgan fingerprint density at radius 1 is 1.17 bits per heavy atom. The van der Waals surface area contributed by atoms with Gasteiger partial charge in [0.25, 0.3) is 5.91 Å². The number of nitrogens with zero attached hydrogens (tertiary/aromatic N) is 1. The number of benzene rings is 1. The normalized spacial score (nSPS) is 17.0. The number of hydrogen-bond donors (Lipinski definition) is 2. The van der Waals surface area contributed by atoms with Gasteiger partial charge in [0.1, 0.15) is 11.5 Å². The van der Waals surface area contributed by atoms with Gasteiger partial charge in [0.05, 0.1) is 0 Å². The number of carbonyl (C=O) groups excluding carboxylic acids is 1. The minimum Gasteiger partial charge on any atom is -0.383 e. The van der Waals surface area contributed by atoms with Crippen LogP contribution < -0.4 is 11.1 Å². The Morgan fingerprint density at radius 3 is 2.33 bits per heavy atom. The first kappa shape index (κ1) is 22.2. The lowest BCUT2D eigenvalue weighted by molar-refractivity contribution is -0.141. The topological polar surface area (TPSA) is 68.0 Å². The Labute approximate surface area is 178 Å². The van der Waals surface area contributed by atoms with E-state index >= 15 is 0 Å². The molecule has 160 valence electrons. The van der Waals surface area contributed by atoms with E-state index in [2.05, 4.69) is 10.3 Å². The fraction of sp³-hybridized carbons (Fsp3) is 0.364. The van der Waals surface area contributed by atoms with E-state index in [9.17, 15) is 18.0 Å². The smallest absolute Gasteiger partial charge is 0.383 e. The van der Waals surface area contributed by atoms with Crippen LogP contribution in [0.4, 0.5) is 24.7 Å². The van der Waals surface area contributed by atoms with E-state index in [1.807, 2.05) is 6.92 Å². The molecule has 3 N–H and O–H groups in total. The van der Waals surface area contributed by atoms with Crippen LogP contribution in [0, 0.1) is 0 Å². The molecule has 0 saturated heterocycles. The second kappa shape index (κ2) is 9.08. The minimum absolute atomic E-state index is 0.0287. The molecular formula is C22H23ClF3N3O. The van der Waals surface area contributed by atoms with Gasteiger partial charge in [0.15, 0.2) is 0 Å². The van der Waals surface area contributed by atoms with Crippen LogP contribution >= 0.6 is 11.6 Å². The van der Waals surface area contributed by atoms with Crippen molar-refractivity contribution in [3.63, 3.8) is 0 Å². The Morgan fingerprint density at radius 2 is 1.80 bits per heavy atom. The molecule has 1 aliphatic rings. The summed E-state index contributed by atoms with van der Waals surface area (Å²) in [7, 11) is 0. The van der Waals surface area contributed by atoms with Gasteiger partial charge in [0, 0.05) is 16.3 Å². The van der Waals surface area contributed by atoms with E-state index in [1.165, 1.54) is 6.07 Å². The zero-order valence-electron chi connectivity index (χ0n) is 16.5. The van der Waals surface area contributed by atoms with E-state index < -0.39 is 11.9 Å². The maximum Gasteiger partial charge on any atom is 0.433 e. The molecule has 0 radical (unpaired) electrons. The van der Waals surface area contributed by atoms with E-state index in [0.717, 1.165) is 17.2 Å². The number of amides is 1. The Hall–Kier alpha value is -2.54. The highest BCUT2D eigenvalue weighted by atomic mass is 35.5. The molecule has 1 aromatic carbocycles. The summed E-state index contributed by atoms with van der Waals surface area (Å²) in [5, 5.41) is 3.49. The summed E-state index contributed by atoms with van der Waals surface area (Å²) in [4.78, 5) is 16.3. The van der Waals surface area contributed by atoms with Crippen LogP contribution in [0.1, 0.15) is 56.2 Å². The lowest BCUT2D eigenvalue weighted by Crippen LogP contribution is -2.19. The maximum absolute atomic E-state index is 12.8. The molecule has 30 heavy (non-hydrogen) atoms. The predicted molar refractivity (Wildman–Crippen MR) is 112 cm³/mol. The summed E-state index contributed by atoms with van der Waals surface area (Å²) < 4.78 is 38.4. The maximum atomic E-state index is 12.8. The van der Waals surface area contributed by atoms with Crippen molar-refractivity contribution in [3.05, 3.63) is 63.8 Å². The first-order valence-electron chi connectivity index (χ1n) is 9.80. The molecule has 0 atom stereocenters.